The van der Waals surface area contributed by atoms with Crippen LogP contribution in [0.25, 0.3) is 0 Å². The predicted octanol–water partition coefficient (Wildman–Crippen LogP) is 2.64. The number of ketones is 1. The molecule has 1 aromatic heterocycles. The molecular formula is C19H22N4O2. The average Bonchev–Trinajstić information content (AvgIpc) is 3.27. The van der Waals surface area contributed by atoms with Crippen LogP contribution in [0, 0.1) is 0 Å². The third-order valence-electron chi connectivity index (χ3n) is 5.47. The fraction of sp³-hybridized carbons (Fsp3) is 0.474. The molecule has 0 N–H and O–H groups in total. The smallest absolute Gasteiger partial charge is 0.223 e. The maximum absolute atomic E-state index is 12.7. The summed E-state index contributed by atoms with van der Waals surface area (Å²) in [5.74, 6) is 0.160. The molecule has 1 amide bonds. The molecule has 6 heteroatoms. The molecule has 3 heterocycles. The first-order valence-electron chi connectivity index (χ1n) is 8.96. The molecule has 0 saturated carbocycles. The number of fused-ring (bicyclic) bond motifs is 2. The van der Waals surface area contributed by atoms with Gasteiger partial charge >= 0.3 is 0 Å². The third-order valence-corrected chi connectivity index (χ3v) is 5.47. The minimum Gasteiger partial charge on any atom is -0.337 e. The van der Waals surface area contributed by atoms with Crippen LogP contribution in [-0.4, -0.2) is 43.4 Å². The summed E-state index contributed by atoms with van der Waals surface area (Å²) in [6.07, 6.45) is 7.87. The Bertz CT molecular complexity index is 730. The molecule has 1 aromatic carbocycles. The van der Waals surface area contributed by atoms with Crippen molar-refractivity contribution in [2.24, 2.45) is 0 Å². The lowest BCUT2D eigenvalue weighted by molar-refractivity contribution is -0.136. The molecule has 0 spiro atoms. The molecule has 2 aromatic rings. The topological polar surface area (TPSA) is 68.1 Å². The summed E-state index contributed by atoms with van der Waals surface area (Å²) in [5, 5.41) is 4.26. The number of hydrogen-bond acceptors (Lipinski definition) is 4. The SMILES string of the molecule is O=C(CCC(=O)N1C2CCC1CC(n1cncn1)C2)c1ccccc1. The van der Waals surface area contributed by atoms with Gasteiger partial charge in [-0.25, -0.2) is 9.67 Å². The van der Waals surface area contributed by atoms with Gasteiger partial charge in [0.15, 0.2) is 5.78 Å². The molecule has 0 radical (unpaired) electrons. The lowest BCUT2D eigenvalue weighted by Crippen LogP contribution is -2.47. The molecule has 25 heavy (non-hydrogen) atoms. The maximum atomic E-state index is 12.7. The van der Waals surface area contributed by atoms with Gasteiger partial charge in [-0.2, -0.15) is 5.10 Å². The van der Waals surface area contributed by atoms with Crippen LogP contribution in [0.2, 0.25) is 0 Å². The molecule has 4 rings (SSSR count). The van der Waals surface area contributed by atoms with Gasteiger partial charge < -0.3 is 4.90 Å². The second-order valence-corrected chi connectivity index (χ2v) is 6.98. The minimum absolute atomic E-state index is 0.0406. The van der Waals surface area contributed by atoms with Gasteiger partial charge in [0.05, 0.1) is 6.04 Å². The van der Waals surface area contributed by atoms with Crippen LogP contribution < -0.4 is 0 Å². The van der Waals surface area contributed by atoms with Gasteiger partial charge in [-0.05, 0) is 25.7 Å². The van der Waals surface area contributed by atoms with E-state index in [2.05, 4.69) is 10.1 Å². The zero-order valence-corrected chi connectivity index (χ0v) is 14.1. The van der Waals surface area contributed by atoms with E-state index in [0.29, 0.717) is 18.0 Å². The van der Waals surface area contributed by atoms with Crippen molar-refractivity contribution in [1.29, 1.82) is 0 Å². The van der Waals surface area contributed by atoms with Crippen LogP contribution in [-0.2, 0) is 4.79 Å². The van der Waals surface area contributed by atoms with Gasteiger partial charge in [0.1, 0.15) is 12.7 Å². The van der Waals surface area contributed by atoms with Gasteiger partial charge in [0, 0.05) is 30.5 Å². The van der Waals surface area contributed by atoms with Gasteiger partial charge in [-0.3, -0.25) is 9.59 Å². The molecule has 2 atom stereocenters. The van der Waals surface area contributed by atoms with Crippen LogP contribution >= 0.6 is 0 Å². The van der Waals surface area contributed by atoms with E-state index in [0.717, 1.165) is 25.7 Å². The summed E-state index contributed by atoms with van der Waals surface area (Å²) in [6, 6.07) is 10.1. The van der Waals surface area contributed by atoms with Crippen molar-refractivity contribution in [2.75, 3.05) is 0 Å². The van der Waals surface area contributed by atoms with Crippen molar-refractivity contribution in [3.8, 4) is 0 Å². The van der Waals surface area contributed by atoms with E-state index < -0.39 is 0 Å². The summed E-state index contributed by atoms with van der Waals surface area (Å²) < 4.78 is 1.92. The molecule has 2 fully saturated rings. The van der Waals surface area contributed by atoms with Crippen molar-refractivity contribution < 1.29 is 9.59 Å². The number of benzene rings is 1. The van der Waals surface area contributed by atoms with Gasteiger partial charge in [-0.15, -0.1) is 0 Å². The number of aromatic nitrogens is 3. The second kappa shape index (κ2) is 6.78. The van der Waals surface area contributed by atoms with Crippen molar-refractivity contribution >= 4 is 11.7 Å². The van der Waals surface area contributed by atoms with Gasteiger partial charge in [-0.1, -0.05) is 30.3 Å². The van der Waals surface area contributed by atoms with Crippen LogP contribution in [0.15, 0.2) is 43.0 Å². The monoisotopic (exact) mass is 338 g/mol. The van der Waals surface area contributed by atoms with E-state index in [1.54, 1.807) is 24.8 Å². The molecule has 2 saturated heterocycles. The molecule has 2 aliphatic rings. The summed E-state index contributed by atoms with van der Waals surface area (Å²) >= 11 is 0. The van der Waals surface area contributed by atoms with Crippen LogP contribution in [0.1, 0.15) is 54.9 Å². The molecule has 2 unspecified atom stereocenters. The Kier molecular flexibility index (Phi) is 4.34. The van der Waals surface area contributed by atoms with E-state index in [9.17, 15) is 9.59 Å². The minimum atomic E-state index is 0.0406. The molecule has 2 aliphatic heterocycles. The Morgan fingerprint density at radius 1 is 1.00 bits per heavy atom. The zero-order valence-electron chi connectivity index (χ0n) is 14.1. The fourth-order valence-electron chi connectivity index (χ4n) is 4.30. The lowest BCUT2D eigenvalue weighted by atomic mass is 9.96. The Hall–Kier alpha value is -2.50. The maximum Gasteiger partial charge on any atom is 0.223 e. The van der Waals surface area contributed by atoms with E-state index in [4.69, 9.17) is 0 Å². The highest BCUT2D eigenvalue weighted by Gasteiger charge is 2.43. The molecule has 130 valence electrons. The fourth-order valence-corrected chi connectivity index (χ4v) is 4.30. The predicted molar refractivity (Wildman–Crippen MR) is 92.0 cm³/mol. The highest BCUT2D eigenvalue weighted by molar-refractivity contribution is 5.98. The highest BCUT2D eigenvalue weighted by Crippen LogP contribution is 2.40. The third kappa shape index (κ3) is 3.21. The molecular weight excluding hydrogens is 316 g/mol. The lowest BCUT2D eigenvalue weighted by Gasteiger charge is -2.39. The quantitative estimate of drug-likeness (QED) is 0.786. The molecule has 0 aliphatic carbocycles. The van der Waals surface area contributed by atoms with E-state index in [-0.39, 0.29) is 30.2 Å². The summed E-state index contributed by atoms with van der Waals surface area (Å²) in [4.78, 5) is 31.0. The Morgan fingerprint density at radius 2 is 1.72 bits per heavy atom. The number of piperidine rings is 1. The first-order valence-corrected chi connectivity index (χ1v) is 8.96. The largest absolute Gasteiger partial charge is 0.337 e. The van der Waals surface area contributed by atoms with Crippen molar-refractivity contribution in [1.82, 2.24) is 19.7 Å². The second-order valence-electron chi connectivity index (χ2n) is 6.98. The number of carbonyl (C=O) groups is 2. The Morgan fingerprint density at radius 3 is 2.36 bits per heavy atom. The first kappa shape index (κ1) is 16.0. The van der Waals surface area contributed by atoms with E-state index >= 15 is 0 Å². The number of nitrogens with zero attached hydrogens (tertiary/aromatic N) is 4. The highest BCUT2D eigenvalue weighted by atomic mass is 16.2. The van der Waals surface area contributed by atoms with Crippen molar-refractivity contribution in [3.63, 3.8) is 0 Å². The Balaban J connectivity index is 1.36. The van der Waals surface area contributed by atoms with Gasteiger partial charge in [0.2, 0.25) is 5.91 Å². The van der Waals surface area contributed by atoms with E-state index in [1.807, 2.05) is 27.8 Å². The standard InChI is InChI=1S/C19H22N4O2/c24-18(14-4-2-1-3-5-14)8-9-19(25)23-15-6-7-16(23)11-17(10-15)22-13-20-12-21-22/h1-5,12-13,15-17H,6-11H2. The number of amides is 1. The normalized spacial score (nSPS) is 25.1. The number of rotatable bonds is 5. The number of Topliss-reactive ketones (excluding diaryl/α,β-unsaturated/α-hetero) is 1. The first-order chi connectivity index (χ1) is 12.2. The van der Waals surface area contributed by atoms with Crippen LogP contribution in [0.4, 0.5) is 0 Å². The van der Waals surface area contributed by atoms with Crippen molar-refractivity contribution in [3.05, 3.63) is 48.5 Å². The zero-order chi connectivity index (χ0) is 17.2. The average molecular weight is 338 g/mol. The molecule has 6 nitrogen and oxygen atoms in total. The molecule has 2 bridgehead atoms. The number of hydrogen-bond donors (Lipinski definition) is 0. The van der Waals surface area contributed by atoms with E-state index in [1.165, 1.54) is 0 Å². The summed E-state index contributed by atoms with van der Waals surface area (Å²) in [7, 11) is 0. The summed E-state index contributed by atoms with van der Waals surface area (Å²) in [6.45, 7) is 0. The van der Waals surface area contributed by atoms with Gasteiger partial charge in [0.25, 0.3) is 0 Å². The Labute approximate surface area is 146 Å². The number of carbonyl (C=O) groups excluding carboxylic acids is 2. The van der Waals surface area contributed by atoms with Crippen molar-refractivity contribution in [2.45, 2.75) is 56.7 Å². The van der Waals surface area contributed by atoms with Crippen LogP contribution in [0.5, 0.6) is 0 Å². The summed E-state index contributed by atoms with van der Waals surface area (Å²) in [5.41, 5.74) is 0.683. The van der Waals surface area contributed by atoms with Crippen LogP contribution in [0.3, 0.4) is 0 Å².